The Balaban J connectivity index is 0.00000529. The van der Waals surface area contributed by atoms with Crippen molar-refractivity contribution in [2.24, 2.45) is 0 Å². The van der Waals surface area contributed by atoms with Gasteiger partial charge >= 0.3 is 0 Å². The SMILES string of the molecule is CCOc1ccccc1C(CC(=O)N(C)CCNC)NC(C)=O.Cl. The van der Waals surface area contributed by atoms with Gasteiger partial charge in [0.15, 0.2) is 0 Å². The molecule has 6 nitrogen and oxygen atoms in total. The fourth-order valence-corrected chi connectivity index (χ4v) is 2.27. The highest BCUT2D eigenvalue weighted by molar-refractivity contribution is 5.85. The zero-order valence-electron chi connectivity index (χ0n) is 14.8. The second kappa shape index (κ2) is 11.7. The summed E-state index contributed by atoms with van der Waals surface area (Å²) in [4.78, 5) is 25.6. The van der Waals surface area contributed by atoms with Crippen molar-refractivity contribution in [3.05, 3.63) is 29.8 Å². The highest BCUT2D eigenvalue weighted by Gasteiger charge is 2.22. The van der Waals surface area contributed by atoms with Gasteiger partial charge < -0.3 is 20.3 Å². The minimum atomic E-state index is -0.403. The topological polar surface area (TPSA) is 70.7 Å². The maximum absolute atomic E-state index is 12.4. The summed E-state index contributed by atoms with van der Waals surface area (Å²) in [5, 5.41) is 5.87. The first-order valence-electron chi connectivity index (χ1n) is 7.87. The number of ether oxygens (including phenoxy) is 1. The lowest BCUT2D eigenvalue weighted by atomic mass is 10.0. The van der Waals surface area contributed by atoms with Crippen LogP contribution >= 0.6 is 12.4 Å². The van der Waals surface area contributed by atoms with E-state index in [9.17, 15) is 9.59 Å². The lowest BCUT2D eigenvalue weighted by Crippen LogP contribution is -2.36. The van der Waals surface area contributed by atoms with Crippen molar-refractivity contribution in [2.45, 2.75) is 26.3 Å². The maximum Gasteiger partial charge on any atom is 0.224 e. The van der Waals surface area contributed by atoms with E-state index in [1.807, 2.05) is 38.2 Å². The number of halogens is 1. The lowest BCUT2D eigenvalue weighted by Gasteiger charge is -2.24. The number of amides is 2. The molecular formula is C17H28ClN3O3. The number of carbonyl (C=O) groups is 2. The van der Waals surface area contributed by atoms with Crippen molar-refractivity contribution in [1.82, 2.24) is 15.5 Å². The first-order valence-corrected chi connectivity index (χ1v) is 7.87. The van der Waals surface area contributed by atoms with E-state index >= 15 is 0 Å². The molecule has 1 aromatic carbocycles. The summed E-state index contributed by atoms with van der Waals surface area (Å²) < 4.78 is 5.62. The monoisotopic (exact) mass is 357 g/mol. The first kappa shape index (κ1) is 22.2. The summed E-state index contributed by atoms with van der Waals surface area (Å²) >= 11 is 0. The average Bonchev–Trinajstić information content (AvgIpc) is 2.52. The number of likely N-dealkylation sites (N-methyl/N-ethyl adjacent to an activating group) is 2. The molecule has 1 aromatic rings. The molecular weight excluding hydrogens is 330 g/mol. The molecule has 2 N–H and O–H groups in total. The smallest absolute Gasteiger partial charge is 0.224 e. The minimum Gasteiger partial charge on any atom is -0.494 e. The third kappa shape index (κ3) is 7.19. The second-order valence-corrected chi connectivity index (χ2v) is 5.35. The first-order chi connectivity index (χ1) is 11.0. The molecule has 0 bridgehead atoms. The Hall–Kier alpha value is -1.79. The number of hydrogen-bond donors (Lipinski definition) is 2. The summed E-state index contributed by atoms with van der Waals surface area (Å²) in [7, 11) is 3.61. The molecule has 0 heterocycles. The molecule has 1 unspecified atom stereocenters. The van der Waals surface area contributed by atoms with Gasteiger partial charge in [-0.25, -0.2) is 0 Å². The van der Waals surface area contributed by atoms with Crippen molar-refractivity contribution >= 4 is 24.2 Å². The van der Waals surface area contributed by atoms with Gasteiger partial charge in [0.25, 0.3) is 0 Å². The van der Waals surface area contributed by atoms with Crippen LogP contribution in [-0.4, -0.2) is 50.5 Å². The van der Waals surface area contributed by atoms with Crippen molar-refractivity contribution in [1.29, 1.82) is 0 Å². The predicted molar refractivity (Wildman–Crippen MR) is 97.6 cm³/mol. The van der Waals surface area contributed by atoms with Gasteiger partial charge in [0.05, 0.1) is 19.1 Å². The molecule has 0 saturated carbocycles. The van der Waals surface area contributed by atoms with Gasteiger partial charge in [-0.05, 0) is 20.0 Å². The number of nitrogens with zero attached hydrogens (tertiary/aromatic N) is 1. The predicted octanol–water partition coefficient (Wildman–Crippen LogP) is 1.75. The van der Waals surface area contributed by atoms with Gasteiger partial charge in [-0.1, -0.05) is 18.2 Å². The van der Waals surface area contributed by atoms with Crippen LogP contribution in [0.2, 0.25) is 0 Å². The molecule has 2 amide bonds. The summed E-state index contributed by atoms with van der Waals surface area (Å²) in [5.41, 5.74) is 0.819. The molecule has 0 saturated heterocycles. The number of rotatable bonds is 9. The Kier molecular flexibility index (Phi) is 10.8. The third-order valence-corrected chi connectivity index (χ3v) is 3.47. The van der Waals surface area contributed by atoms with Crippen molar-refractivity contribution in [3.8, 4) is 5.75 Å². The molecule has 1 atom stereocenters. The molecule has 0 aliphatic rings. The van der Waals surface area contributed by atoms with Gasteiger partial charge in [-0.2, -0.15) is 0 Å². The van der Waals surface area contributed by atoms with Crippen LogP contribution in [0.4, 0.5) is 0 Å². The van der Waals surface area contributed by atoms with Gasteiger partial charge in [-0.15, -0.1) is 12.4 Å². The third-order valence-electron chi connectivity index (χ3n) is 3.47. The molecule has 0 radical (unpaired) electrons. The second-order valence-electron chi connectivity index (χ2n) is 5.35. The molecule has 0 aliphatic carbocycles. The number of hydrogen-bond acceptors (Lipinski definition) is 4. The normalized spacial score (nSPS) is 11.2. The highest BCUT2D eigenvalue weighted by Crippen LogP contribution is 2.27. The summed E-state index contributed by atoms with van der Waals surface area (Å²) in [6.07, 6.45) is 0.198. The van der Waals surface area contributed by atoms with Crippen LogP contribution in [0.3, 0.4) is 0 Å². The maximum atomic E-state index is 12.4. The summed E-state index contributed by atoms with van der Waals surface area (Å²) in [5.74, 6) is 0.497. The zero-order chi connectivity index (χ0) is 17.2. The quantitative estimate of drug-likeness (QED) is 0.706. The zero-order valence-corrected chi connectivity index (χ0v) is 15.6. The fourth-order valence-electron chi connectivity index (χ4n) is 2.27. The molecule has 136 valence electrons. The van der Waals surface area contributed by atoms with Crippen molar-refractivity contribution in [2.75, 3.05) is 33.8 Å². The van der Waals surface area contributed by atoms with Gasteiger partial charge in [0.2, 0.25) is 11.8 Å². The van der Waals surface area contributed by atoms with Crippen LogP contribution in [0.1, 0.15) is 31.9 Å². The molecule has 0 fully saturated rings. The van der Waals surface area contributed by atoms with E-state index in [-0.39, 0.29) is 30.6 Å². The summed E-state index contributed by atoms with van der Waals surface area (Å²) in [6, 6.07) is 7.08. The Bertz CT molecular complexity index is 526. The van der Waals surface area contributed by atoms with Crippen LogP contribution in [0.25, 0.3) is 0 Å². The molecule has 0 aromatic heterocycles. The number of benzene rings is 1. The van der Waals surface area contributed by atoms with E-state index in [1.165, 1.54) is 6.92 Å². The highest BCUT2D eigenvalue weighted by atomic mass is 35.5. The van der Waals surface area contributed by atoms with Gasteiger partial charge in [-0.3, -0.25) is 9.59 Å². The minimum absolute atomic E-state index is 0. The van der Waals surface area contributed by atoms with E-state index in [0.717, 1.165) is 12.1 Å². The molecule has 1 rings (SSSR count). The Morgan fingerprint density at radius 3 is 2.54 bits per heavy atom. The molecule has 7 heteroatoms. The Morgan fingerprint density at radius 2 is 1.96 bits per heavy atom. The van der Waals surface area contributed by atoms with Crippen molar-refractivity contribution in [3.63, 3.8) is 0 Å². The summed E-state index contributed by atoms with van der Waals surface area (Å²) in [6.45, 7) is 5.23. The molecule has 24 heavy (non-hydrogen) atoms. The standard InChI is InChI=1S/C17H27N3O3.ClH/c1-5-23-16-9-7-6-8-14(16)15(19-13(2)21)12-17(22)20(4)11-10-18-3;/h6-9,15,18H,5,10-12H2,1-4H3,(H,19,21);1H. The fraction of sp³-hybridized carbons (Fsp3) is 0.529. The van der Waals surface area contributed by atoms with Crippen LogP contribution in [0.5, 0.6) is 5.75 Å². The van der Waals surface area contributed by atoms with E-state index in [4.69, 9.17) is 4.74 Å². The van der Waals surface area contributed by atoms with Gasteiger partial charge in [0.1, 0.15) is 5.75 Å². The van der Waals surface area contributed by atoms with E-state index < -0.39 is 6.04 Å². The average molecular weight is 358 g/mol. The number of nitrogens with one attached hydrogen (secondary N) is 2. The molecule has 0 aliphatic heterocycles. The number of para-hydroxylation sites is 1. The van der Waals surface area contributed by atoms with Crippen LogP contribution in [0.15, 0.2) is 24.3 Å². The van der Waals surface area contributed by atoms with Crippen LogP contribution in [-0.2, 0) is 9.59 Å². The van der Waals surface area contributed by atoms with E-state index in [0.29, 0.717) is 18.9 Å². The molecule has 0 spiro atoms. The van der Waals surface area contributed by atoms with E-state index in [2.05, 4.69) is 10.6 Å². The van der Waals surface area contributed by atoms with Gasteiger partial charge in [0, 0.05) is 32.6 Å². The largest absolute Gasteiger partial charge is 0.494 e. The Labute approximate surface area is 150 Å². The van der Waals surface area contributed by atoms with Crippen LogP contribution in [0, 0.1) is 0 Å². The Morgan fingerprint density at radius 1 is 1.29 bits per heavy atom. The van der Waals surface area contributed by atoms with Crippen LogP contribution < -0.4 is 15.4 Å². The van der Waals surface area contributed by atoms with E-state index in [1.54, 1.807) is 11.9 Å². The number of carbonyl (C=O) groups excluding carboxylic acids is 2. The lowest BCUT2D eigenvalue weighted by molar-refractivity contribution is -0.130. The van der Waals surface area contributed by atoms with Crippen molar-refractivity contribution < 1.29 is 14.3 Å².